The summed E-state index contributed by atoms with van der Waals surface area (Å²) < 4.78 is 15.8. The second-order valence-electron chi connectivity index (χ2n) is 5.91. The lowest BCUT2D eigenvalue weighted by Gasteiger charge is -2.34. The second-order valence-corrected chi connectivity index (χ2v) is 5.91. The molecule has 0 saturated carbocycles. The lowest BCUT2D eigenvalue weighted by atomic mass is 10.2. The van der Waals surface area contributed by atoms with Crippen LogP contribution in [0.4, 0.5) is 4.79 Å². The van der Waals surface area contributed by atoms with Gasteiger partial charge in [-0.2, -0.15) is 0 Å². The van der Waals surface area contributed by atoms with E-state index in [2.05, 4.69) is 4.90 Å². The van der Waals surface area contributed by atoms with E-state index in [0.717, 1.165) is 38.0 Å². The van der Waals surface area contributed by atoms with Crippen LogP contribution in [0.2, 0.25) is 0 Å². The number of carbonyl (C=O) groups excluding carboxylic acids is 1. The average Bonchev–Trinajstić information content (AvgIpc) is 2.64. The Morgan fingerprint density at radius 2 is 1.75 bits per heavy atom. The van der Waals surface area contributed by atoms with Gasteiger partial charge in [0, 0.05) is 40.4 Å². The van der Waals surface area contributed by atoms with E-state index in [1.54, 1.807) is 19.1 Å². The van der Waals surface area contributed by atoms with Crippen molar-refractivity contribution in [3.05, 3.63) is 35.9 Å². The number of rotatable bonds is 8. The van der Waals surface area contributed by atoms with Gasteiger partial charge in [-0.05, 0) is 24.9 Å². The van der Waals surface area contributed by atoms with Crippen molar-refractivity contribution in [2.24, 2.45) is 0 Å². The third kappa shape index (κ3) is 6.11. The van der Waals surface area contributed by atoms with E-state index in [1.165, 1.54) is 0 Å². The van der Waals surface area contributed by atoms with Gasteiger partial charge in [0.15, 0.2) is 6.29 Å². The van der Waals surface area contributed by atoms with Crippen molar-refractivity contribution in [1.29, 1.82) is 0 Å². The summed E-state index contributed by atoms with van der Waals surface area (Å²) in [4.78, 5) is 16.3. The molecule has 0 radical (unpaired) electrons. The van der Waals surface area contributed by atoms with Crippen LogP contribution >= 0.6 is 0 Å². The zero-order valence-corrected chi connectivity index (χ0v) is 14.6. The van der Waals surface area contributed by atoms with Crippen LogP contribution in [0.1, 0.15) is 18.4 Å². The van der Waals surface area contributed by atoms with Crippen LogP contribution in [0.15, 0.2) is 30.3 Å². The molecule has 0 spiro atoms. The Balaban J connectivity index is 1.62. The quantitative estimate of drug-likeness (QED) is 0.682. The Kier molecular flexibility index (Phi) is 8.01. The zero-order valence-electron chi connectivity index (χ0n) is 14.6. The molecule has 0 unspecified atom stereocenters. The van der Waals surface area contributed by atoms with Gasteiger partial charge in [-0.15, -0.1) is 0 Å². The lowest BCUT2D eigenvalue weighted by Crippen LogP contribution is -2.49. The monoisotopic (exact) mass is 336 g/mol. The third-order valence-corrected chi connectivity index (χ3v) is 4.28. The first-order valence-corrected chi connectivity index (χ1v) is 8.46. The molecule has 6 nitrogen and oxygen atoms in total. The van der Waals surface area contributed by atoms with E-state index < -0.39 is 0 Å². The molecule has 0 atom stereocenters. The summed E-state index contributed by atoms with van der Waals surface area (Å²) in [5.74, 6) is 0. The van der Waals surface area contributed by atoms with Crippen LogP contribution in [-0.4, -0.2) is 69.1 Å². The SMILES string of the molecule is COC(CCCN1CCN(C(=O)OCc2ccccc2)CC1)OC. The minimum atomic E-state index is -0.225. The highest BCUT2D eigenvalue weighted by atomic mass is 16.7. The third-order valence-electron chi connectivity index (χ3n) is 4.28. The number of ether oxygens (including phenoxy) is 3. The van der Waals surface area contributed by atoms with E-state index in [9.17, 15) is 4.79 Å². The summed E-state index contributed by atoms with van der Waals surface area (Å²) in [7, 11) is 3.32. The Labute approximate surface area is 144 Å². The van der Waals surface area contributed by atoms with Crippen molar-refractivity contribution in [1.82, 2.24) is 9.80 Å². The molecule has 1 aliphatic heterocycles. The number of nitrogens with zero attached hydrogens (tertiary/aromatic N) is 2. The molecule has 0 aliphatic carbocycles. The number of carbonyl (C=O) groups is 1. The minimum absolute atomic E-state index is 0.126. The molecule has 1 saturated heterocycles. The van der Waals surface area contributed by atoms with E-state index in [1.807, 2.05) is 30.3 Å². The molecule has 0 aromatic heterocycles. The fraction of sp³-hybridized carbons (Fsp3) is 0.611. The summed E-state index contributed by atoms with van der Waals surface area (Å²) in [5.41, 5.74) is 1.01. The van der Waals surface area contributed by atoms with Crippen molar-refractivity contribution in [2.45, 2.75) is 25.7 Å². The molecule has 1 aromatic carbocycles. The summed E-state index contributed by atoms with van der Waals surface area (Å²) >= 11 is 0. The van der Waals surface area contributed by atoms with Crippen LogP contribution in [-0.2, 0) is 20.8 Å². The predicted octanol–water partition coefficient (Wildman–Crippen LogP) is 2.34. The number of piperazine rings is 1. The van der Waals surface area contributed by atoms with E-state index in [0.29, 0.717) is 19.7 Å². The maximum atomic E-state index is 12.1. The van der Waals surface area contributed by atoms with E-state index in [4.69, 9.17) is 14.2 Å². The van der Waals surface area contributed by atoms with Gasteiger partial charge in [-0.25, -0.2) is 4.79 Å². The highest BCUT2D eigenvalue weighted by molar-refractivity contribution is 5.67. The highest BCUT2D eigenvalue weighted by Gasteiger charge is 2.22. The van der Waals surface area contributed by atoms with Gasteiger partial charge in [-0.1, -0.05) is 30.3 Å². The van der Waals surface area contributed by atoms with Crippen LogP contribution in [0.3, 0.4) is 0 Å². The van der Waals surface area contributed by atoms with Gasteiger partial charge in [0.1, 0.15) is 6.61 Å². The van der Waals surface area contributed by atoms with Crippen LogP contribution in [0.25, 0.3) is 0 Å². The summed E-state index contributed by atoms with van der Waals surface area (Å²) in [6.07, 6.45) is 1.55. The zero-order chi connectivity index (χ0) is 17.2. The van der Waals surface area contributed by atoms with Crippen LogP contribution in [0.5, 0.6) is 0 Å². The number of hydrogen-bond donors (Lipinski definition) is 0. The average molecular weight is 336 g/mol. The van der Waals surface area contributed by atoms with Gasteiger partial charge in [0.05, 0.1) is 0 Å². The number of methoxy groups -OCH3 is 2. The van der Waals surface area contributed by atoms with Crippen LogP contribution < -0.4 is 0 Å². The molecule has 134 valence electrons. The second kappa shape index (κ2) is 10.3. The lowest BCUT2D eigenvalue weighted by molar-refractivity contribution is -0.107. The number of hydrogen-bond acceptors (Lipinski definition) is 5. The van der Waals surface area contributed by atoms with Crippen molar-refractivity contribution in [3.8, 4) is 0 Å². The Morgan fingerprint density at radius 1 is 1.08 bits per heavy atom. The Hall–Kier alpha value is -1.63. The molecule has 0 N–H and O–H groups in total. The Bertz CT molecular complexity index is 471. The maximum absolute atomic E-state index is 12.1. The molecule has 2 rings (SSSR count). The first kappa shape index (κ1) is 18.7. The first-order valence-electron chi connectivity index (χ1n) is 8.46. The molecule has 24 heavy (non-hydrogen) atoms. The largest absolute Gasteiger partial charge is 0.445 e. The van der Waals surface area contributed by atoms with E-state index >= 15 is 0 Å². The number of benzene rings is 1. The first-order chi connectivity index (χ1) is 11.7. The predicted molar refractivity (Wildman–Crippen MR) is 91.7 cm³/mol. The summed E-state index contributed by atoms with van der Waals surface area (Å²) in [6.45, 7) is 4.51. The molecule has 6 heteroatoms. The van der Waals surface area contributed by atoms with Gasteiger partial charge < -0.3 is 19.1 Å². The van der Waals surface area contributed by atoms with Crippen molar-refractivity contribution in [2.75, 3.05) is 46.9 Å². The van der Waals surface area contributed by atoms with Gasteiger partial charge in [-0.3, -0.25) is 4.90 Å². The molecular weight excluding hydrogens is 308 g/mol. The van der Waals surface area contributed by atoms with Crippen molar-refractivity contribution < 1.29 is 19.0 Å². The fourth-order valence-electron chi connectivity index (χ4n) is 2.78. The van der Waals surface area contributed by atoms with Gasteiger partial charge in [0.25, 0.3) is 0 Å². The highest BCUT2D eigenvalue weighted by Crippen LogP contribution is 2.09. The molecular formula is C18H28N2O4. The normalized spacial score (nSPS) is 15.7. The molecule has 1 aromatic rings. The smallest absolute Gasteiger partial charge is 0.410 e. The topological polar surface area (TPSA) is 51.2 Å². The minimum Gasteiger partial charge on any atom is -0.445 e. The molecule has 0 bridgehead atoms. The van der Waals surface area contributed by atoms with Crippen molar-refractivity contribution >= 4 is 6.09 Å². The van der Waals surface area contributed by atoms with Crippen molar-refractivity contribution in [3.63, 3.8) is 0 Å². The van der Waals surface area contributed by atoms with Gasteiger partial charge in [0.2, 0.25) is 0 Å². The molecule has 1 aliphatic rings. The fourth-order valence-corrected chi connectivity index (χ4v) is 2.78. The van der Waals surface area contributed by atoms with E-state index in [-0.39, 0.29) is 12.4 Å². The summed E-state index contributed by atoms with van der Waals surface area (Å²) in [5, 5.41) is 0. The molecule has 1 fully saturated rings. The molecule has 1 heterocycles. The maximum Gasteiger partial charge on any atom is 0.410 e. The molecule has 1 amide bonds. The van der Waals surface area contributed by atoms with Crippen LogP contribution in [0, 0.1) is 0 Å². The standard InChI is InChI=1S/C18H28N2O4/c1-22-17(23-2)9-6-10-19-11-13-20(14-12-19)18(21)24-15-16-7-4-3-5-8-16/h3-5,7-8,17H,6,9-15H2,1-2H3. The van der Waals surface area contributed by atoms with Gasteiger partial charge >= 0.3 is 6.09 Å². The summed E-state index contributed by atoms with van der Waals surface area (Å²) in [6, 6.07) is 9.75. The Morgan fingerprint density at radius 3 is 2.38 bits per heavy atom. The number of amides is 1.